The molecule has 0 fully saturated rings. The maximum Gasteiger partial charge on any atom is 0.146 e. The Labute approximate surface area is 88.2 Å². The van der Waals surface area contributed by atoms with Crippen LogP contribution >= 0.6 is 11.6 Å². The van der Waals surface area contributed by atoms with Crippen LogP contribution in [0.1, 0.15) is 13.8 Å². The summed E-state index contributed by atoms with van der Waals surface area (Å²) in [4.78, 5) is 0. The molecule has 3 N–H and O–H groups in total. The van der Waals surface area contributed by atoms with Crippen LogP contribution < -0.4 is 11.1 Å². The molecule has 0 aromatic heterocycles. The van der Waals surface area contributed by atoms with E-state index in [0.717, 1.165) is 0 Å². The van der Waals surface area contributed by atoms with E-state index in [0.29, 0.717) is 17.3 Å². The molecule has 0 aliphatic rings. The summed E-state index contributed by atoms with van der Waals surface area (Å²) in [7, 11) is 0. The van der Waals surface area contributed by atoms with Gasteiger partial charge in [0.25, 0.3) is 0 Å². The minimum absolute atomic E-state index is 0.323. The van der Waals surface area contributed by atoms with Gasteiger partial charge in [0.2, 0.25) is 0 Å². The van der Waals surface area contributed by atoms with E-state index in [4.69, 9.17) is 17.3 Å². The number of halogens is 2. The zero-order valence-electron chi connectivity index (χ0n) is 8.27. The Balaban J connectivity index is 2.91. The van der Waals surface area contributed by atoms with Gasteiger partial charge in [-0.25, -0.2) is 4.39 Å². The van der Waals surface area contributed by atoms with Crippen LogP contribution in [-0.4, -0.2) is 12.1 Å². The first-order chi connectivity index (χ1) is 6.44. The average Bonchev–Trinajstić information content (AvgIpc) is 2.11. The minimum atomic E-state index is -0.342. The summed E-state index contributed by atoms with van der Waals surface area (Å²) < 4.78 is 13.3. The summed E-state index contributed by atoms with van der Waals surface area (Å²) in [6, 6.07) is 4.39. The lowest BCUT2D eigenvalue weighted by atomic mass is 10.1. The quantitative estimate of drug-likeness (QED) is 0.815. The molecule has 14 heavy (non-hydrogen) atoms. The van der Waals surface area contributed by atoms with Crippen LogP contribution in [0.5, 0.6) is 0 Å². The van der Waals surface area contributed by atoms with Gasteiger partial charge in [-0.3, -0.25) is 0 Å². The number of benzene rings is 1. The van der Waals surface area contributed by atoms with Gasteiger partial charge in [0.05, 0.1) is 5.69 Å². The molecule has 78 valence electrons. The molecule has 1 aromatic carbocycles. The van der Waals surface area contributed by atoms with E-state index in [-0.39, 0.29) is 11.4 Å². The predicted octanol–water partition coefficient (Wildman–Crippen LogP) is 2.63. The first-order valence-electron chi connectivity index (χ1n) is 4.38. The molecule has 2 nitrogen and oxygen atoms in total. The van der Waals surface area contributed by atoms with E-state index >= 15 is 0 Å². The van der Waals surface area contributed by atoms with Crippen molar-refractivity contribution in [2.45, 2.75) is 19.4 Å². The van der Waals surface area contributed by atoms with Gasteiger partial charge >= 0.3 is 0 Å². The maximum absolute atomic E-state index is 13.3. The first kappa shape index (κ1) is 11.3. The van der Waals surface area contributed by atoms with Gasteiger partial charge < -0.3 is 11.1 Å². The number of rotatable bonds is 3. The van der Waals surface area contributed by atoms with Crippen molar-refractivity contribution in [3.63, 3.8) is 0 Å². The van der Waals surface area contributed by atoms with Gasteiger partial charge in [-0.05, 0) is 32.0 Å². The van der Waals surface area contributed by atoms with Crippen LogP contribution in [0.4, 0.5) is 10.1 Å². The average molecular weight is 217 g/mol. The van der Waals surface area contributed by atoms with E-state index in [9.17, 15) is 4.39 Å². The molecule has 0 atom stereocenters. The molecular formula is C10H14ClFN2. The molecule has 0 radical (unpaired) electrons. The number of nitrogens with two attached hydrogens (primary N) is 1. The predicted molar refractivity (Wildman–Crippen MR) is 58.2 cm³/mol. The molecule has 0 unspecified atom stereocenters. The Bertz CT molecular complexity index is 326. The Morgan fingerprint density at radius 1 is 1.50 bits per heavy atom. The second kappa shape index (κ2) is 4.15. The number of anilines is 1. The lowest BCUT2D eigenvalue weighted by Gasteiger charge is -2.25. The third kappa shape index (κ3) is 2.86. The molecule has 1 rings (SSSR count). The van der Waals surface area contributed by atoms with Crippen molar-refractivity contribution in [3.05, 3.63) is 29.0 Å². The smallest absolute Gasteiger partial charge is 0.146 e. The number of hydrogen-bond acceptors (Lipinski definition) is 2. The summed E-state index contributed by atoms with van der Waals surface area (Å²) >= 11 is 5.75. The maximum atomic E-state index is 13.3. The van der Waals surface area contributed by atoms with E-state index < -0.39 is 0 Å². The van der Waals surface area contributed by atoms with Crippen LogP contribution in [0.3, 0.4) is 0 Å². The third-order valence-corrected chi connectivity index (χ3v) is 2.15. The molecule has 0 saturated heterocycles. The number of nitrogens with one attached hydrogen (secondary N) is 1. The monoisotopic (exact) mass is 216 g/mol. The van der Waals surface area contributed by atoms with Gasteiger partial charge in [-0.15, -0.1) is 0 Å². The summed E-state index contributed by atoms with van der Waals surface area (Å²) in [5.74, 6) is -0.323. The fourth-order valence-electron chi connectivity index (χ4n) is 1.01. The van der Waals surface area contributed by atoms with Crippen LogP contribution in [-0.2, 0) is 0 Å². The van der Waals surface area contributed by atoms with Gasteiger partial charge in [0.1, 0.15) is 5.82 Å². The highest BCUT2D eigenvalue weighted by Gasteiger charge is 2.16. The van der Waals surface area contributed by atoms with Gasteiger partial charge in [0.15, 0.2) is 0 Å². The molecular weight excluding hydrogens is 203 g/mol. The standard InChI is InChI=1S/C10H14ClFN2/c1-10(2,6-13)14-9-5-7(11)3-4-8(9)12/h3-5,14H,6,13H2,1-2H3. The van der Waals surface area contributed by atoms with Crippen molar-refractivity contribution in [3.8, 4) is 0 Å². The SMILES string of the molecule is CC(C)(CN)Nc1cc(Cl)ccc1F. The van der Waals surface area contributed by atoms with Crippen molar-refractivity contribution < 1.29 is 4.39 Å². The summed E-state index contributed by atoms with van der Waals surface area (Å²) in [5, 5.41) is 3.49. The highest BCUT2D eigenvalue weighted by molar-refractivity contribution is 6.30. The summed E-state index contributed by atoms with van der Waals surface area (Å²) in [5.41, 5.74) is 5.56. The van der Waals surface area contributed by atoms with Crippen LogP contribution in [0.15, 0.2) is 18.2 Å². The van der Waals surface area contributed by atoms with Crippen LogP contribution in [0, 0.1) is 5.82 Å². The second-order valence-corrected chi connectivity index (χ2v) is 4.27. The van der Waals surface area contributed by atoms with Crippen LogP contribution in [0.2, 0.25) is 5.02 Å². The molecule has 0 aliphatic carbocycles. The fourth-order valence-corrected chi connectivity index (χ4v) is 1.18. The van der Waals surface area contributed by atoms with Crippen molar-refractivity contribution in [1.82, 2.24) is 0 Å². The summed E-state index contributed by atoms with van der Waals surface area (Å²) in [6.45, 7) is 4.21. The lowest BCUT2D eigenvalue weighted by molar-refractivity contribution is 0.565. The zero-order chi connectivity index (χ0) is 10.8. The molecule has 0 spiro atoms. The molecule has 4 heteroatoms. The van der Waals surface area contributed by atoms with Gasteiger partial charge in [-0.2, -0.15) is 0 Å². The Hall–Kier alpha value is -0.800. The fraction of sp³-hybridized carbons (Fsp3) is 0.400. The lowest BCUT2D eigenvalue weighted by Crippen LogP contribution is -2.39. The Morgan fingerprint density at radius 3 is 2.71 bits per heavy atom. The topological polar surface area (TPSA) is 38.0 Å². The molecule has 0 bridgehead atoms. The Kier molecular flexibility index (Phi) is 3.34. The van der Waals surface area contributed by atoms with Crippen molar-refractivity contribution in [1.29, 1.82) is 0 Å². The third-order valence-electron chi connectivity index (χ3n) is 1.91. The molecule has 0 amide bonds. The zero-order valence-corrected chi connectivity index (χ0v) is 9.03. The minimum Gasteiger partial charge on any atom is -0.376 e. The van der Waals surface area contributed by atoms with E-state index in [1.165, 1.54) is 12.1 Å². The van der Waals surface area contributed by atoms with Crippen LogP contribution in [0.25, 0.3) is 0 Å². The molecule has 0 heterocycles. The highest BCUT2D eigenvalue weighted by atomic mass is 35.5. The normalized spacial score (nSPS) is 11.5. The van der Waals surface area contributed by atoms with E-state index in [1.54, 1.807) is 6.07 Å². The van der Waals surface area contributed by atoms with Gasteiger partial charge in [-0.1, -0.05) is 11.6 Å². The molecule has 0 aliphatic heterocycles. The van der Waals surface area contributed by atoms with Crippen molar-refractivity contribution in [2.24, 2.45) is 5.73 Å². The highest BCUT2D eigenvalue weighted by Crippen LogP contribution is 2.22. The first-order valence-corrected chi connectivity index (χ1v) is 4.76. The number of hydrogen-bond donors (Lipinski definition) is 2. The van der Waals surface area contributed by atoms with Gasteiger partial charge in [0, 0.05) is 17.1 Å². The summed E-state index contributed by atoms with van der Waals surface area (Å²) in [6.07, 6.45) is 0. The second-order valence-electron chi connectivity index (χ2n) is 3.84. The Morgan fingerprint density at radius 2 is 2.14 bits per heavy atom. The van der Waals surface area contributed by atoms with E-state index in [2.05, 4.69) is 5.32 Å². The molecule has 1 aromatic rings. The largest absolute Gasteiger partial charge is 0.376 e. The van der Waals surface area contributed by atoms with Crippen molar-refractivity contribution in [2.75, 3.05) is 11.9 Å². The molecule has 0 saturated carbocycles. The van der Waals surface area contributed by atoms with E-state index in [1.807, 2.05) is 13.8 Å². The van der Waals surface area contributed by atoms with Crippen molar-refractivity contribution >= 4 is 17.3 Å².